The van der Waals surface area contributed by atoms with Crippen LogP contribution < -0.4 is 5.32 Å². The summed E-state index contributed by atoms with van der Waals surface area (Å²) in [5, 5.41) is 3.46. The molecule has 1 aliphatic heterocycles. The minimum atomic E-state index is -1.03. The molecule has 3 amide bonds. The lowest BCUT2D eigenvalue weighted by Crippen LogP contribution is -2.43. The second-order valence-electron chi connectivity index (χ2n) is 5.72. The van der Waals surface area contributed by atoms with E-state index in [1.54, 1.807) is 24.3 Å². The van der Waals surface area contributed by atoms with Crippen LogP contribution in [0.15, 0.2) is 53.0 Å². The fourth-order valence-corrected chi connectivity index (χ4v) is 3.53. The number of amides is 3. The summed E-state index contributed by atoms with van der Waals surface area (Å²) in [6.45, 7) is 2.12. The number of hydrogen-bond acceptors (Lipinski definition) is 2. The Kier molecular flexibility index (Phi) is 4.65. The molecule has 2 aromatic rings. The minimum Gasteiger partial charge on any atom is -0.319 e. The van der Waals surface area contributed by atoms with Gasteiger partial charge in [0, 0.05) is 9.50 Å². The van der Waals surface area contributed by atoms with Crippen molar-refractivity contribution in [2.24, 2.45) is 0 Å². The summed E-state index contributed by atoms with van der Waals surface area (Å²) >= 11 is 9.34. The van der Waals surface area contributed by atoms with E-state index in [9.17, 15) is 9.59 Å². The predicted octanol–water partition coefficient (Wildman–Crippen LogP) is 4.46. The maximum atomic E-state index is 13.0. The maximum Gasteiger partial charge on any atom is 0.325 e. The van der Waals surface area contributed by atoms with Crippen LogP contribution in [0.1, 0.15) is 24.5 Å². The Morgan fingerprint density at radius 1 is 1.17 bits per heavy atom. The molecule has 6 heteroatoms. The number of imide groups is 1. The molecule has 1 N–H and O–H groups in total. The van der Waals surface area contributed by atoms with Gasteiger partial charge < -0.3 is 5.32 Å². The van der Waals surface area contributed by atoms with E-state index < -0.39 is 5.54 Å². The van der Waals surface area contributed by atoms with Crippen molar-refractivity contribution in [3.63, 3.8) is 0 Å². The first-order valence-corrected chi connectivity index (χ1v) is 8.78. The monoisotopic (exact) mass is 406 g/mol. The van der Waals surface area contributed by atoms with Crippen LogP contribution >= 0.6 is 27.5 Å². The molecule has 0 aromatic heterocycles. The van der Waals surface area contributed by atoms with Gasteiger partial charge in [0.1, 0.15) is 5.54 Å². The molecule has 1 saturated heterocycles. The highest BCUT2D eigenvalue weighted by Crippen LogP contribution is 2.34. The number of carbonyl (C=O) groups excluding carboxylic acids is 2. The molecular formula is C18H16BrClN2O2. The first-order valence-electron chi connectivity index (χ1n) is 7.61. The summed E-state index contributed by atoms with van der Waals surface area (Å²) in [5.74, 6) is -0.239. The van der Waals surface area contributed by atoms with Crippen molar-refractivity contribution in [3.05, 3.63) is 69.2 Å². The highest BCUT2D eigenvalue weighted by atomic mass is 79.9. The van der Waals surface area contributed by atoms with Gasteiger partial charge >= 0.3 is 6.03 Å². The van der Waals surface area contributed by atoms with Crippen LogP contribution in [0.25, 0.3) is 0 Å². The third kappa shape index (κ3) is 2.94. The summed E-state index contributed by atoms with van der Waals surface area (Å²) in [5.41, 5.74) is 0.591. The first kappa shape index (κ1) is 17.0. The zero-order valence-corrected chi connectivity index (χ0v) is 15.4. The summed E-state index contributed by atoms with van der Waals surface area (Å²) in [6.07, 6.45) is 0.466. The average molecular weight is 408 g/mol. The van der Waals surface area contributed by atoms with Crippen molar-refractivity contribution in [3.8, 4) is 0 Å². The summed E-state index contributed by atoms with van der Waals surface area (Å²) in [7, 11) is 0. The fraction of sp³-hybridized carbons (Fsp3) is 0.222. The molecule has 1 heterocycles. The lowest BCUT2D eigenvalue weighted by molar-refractivity contribution is -0.132. The van der Waals surface area contributed by atoms with E-state index >= 15 is 0 Å². The number of rotatable bonds is 4. The molecule has 1 unspecified atom stereocenters. The minimum absolute atomic E-state index is 0.236. The number of halogens is 2. The van der Waals surface area contributed by atoms with E-state index in [0.29, 0.717) is 11.4 Å². The maximum absolute atomic E-state index is 13.0. The fourth-order valence-electron chi connectivity index (χ4n) is 2.96. The smallest absolute Gasteiger partial charge is 0.319 e. The molecule has 2 aromatic carbocycles. The Morgan fingerprint density at radius 3 is 2.50 bits per heavy atom. The number of benzene rings is 2. The van der Waals surface area contributed by atoms with Crippen molar-refractivity contribution in [2.45, 2.75) is 25.4 Å². The van der Waals surface area contributed by atoms with Crippen LogP contribution in [0.3, 0.4) is 0 Å². The molecule has 0 aliphatic carbocycles. The van der Waals surface area contributed by atoms with Crippen LogP contribution in [-0.4, -0.2) is 16.8 Å². The zero-order valence-electron chi connectivity index (χ0n) is 13.1. The molecular weight excluding hydrogens is 392 g/mol. The van der Waals surface area contributed by atoms with Crippen LogP contribution in [0.4, 0.5) is 4.79 Å². The van der Waals surface area contributed by atoms with Gasteiger partial charge in [-0.2, -0.15) is 0 Å². The van der Waals surface area contributed by atoms with Gasteiger partial charge in [-0.3, -0.25) is 9.69 Å². The van der Waals surface area contributed by atoms with E-state index in [0.717, 1.165) is 15.6 Å². The number of nitrogens with one attached hydrogen (secondary N) is 1. The molecule has 3 rings (SSSR count). The van der Waals surface area contributed by atoms with Gasteiger partial charge in [-0.15, -0.1) is 0 Å². The molecule has 1 aliphatic rings. The molecule has 0 spiro atoms. The second-order valence-corrected chi connectivity index (χ2v) is 7.07. The molecule has 0 saturated carbocycles. The third-order valence-electron chi connectivity index (χ3n) is 4.27. The van der Waals surface area contributed by atoms with Gasteiger partial charge in [0.2, 0.25) is 0 Å². The average Bonchev–Trinajstić information content (AvgIpc) is 2.81. The van der Waals surface area contributed by atoms with Crippen LogP contribution in [-0.2, 0) is 16.9 Å². The number of hydrogen-bond donors (Lipinski definition) is 1. The van der Waals surface area contributed by atoms with Gasteiger partial charge in [-0.1, -0.05) is 58.7 Å². The Hall–Kier alpha value is -1.85. The van der Waals surface area contributed by atoms with Gasteiger partial charge in [-0.25, -0.2) is 4.79 Å². The van der Waals surface area contributed by atoms with E-state index in [-0.39, 0.29) is 18.5 Å². The van der Waals surface area contributed by atoms with Crippen molar-refractivity contribution in [1.82, 2.24) is 10.2 Å². The van der Waals surface area contributed by atoms with E-state index in [1.807, 2.05) is 31.2 Å². The quantitative estimate of drug-likeness (QED) is 0.761. The number of nitrogens with zero attached hydrogens (tertiary/aromatic N) is 1. The Labute approximate surface area is 153 Å². The largest absolute Gasteiger partial charge is 0.325 e. The van der Waals surface area contributed by atoms with E-state index in [4.69, 9.17) is 11.6 Å². The lowest BCUT2D eigenvalue weighted by atomic mass is 9.87. The first-order chi connectivity index (χ1) is 11.5. The second kappa shape index (κ2) is 6.57. The standard InChI is InChI=1S/C18H16BrClN2O2/c1-2-18(13-6-8-15(20)9-7-13)16(23)22(17(24)21-18)11-12-4-3-5-14(19)10-12/h3-10H,2,11H2,1H3,(H,21,24). The zero-order chi connectivity index (χ0) is 17.3. The van der Waals surface area contributed by atoms with Crippen LogP contribution in [0.5, 0.6) is 0 Å². The molecule has 4 nitrogen and oxygen atoms in total. The van der Waals surface area contributed by atoms with Crippen molar-refractivity contribution in [2.75, 3.05) is 0 Å². The molecule has 0 bridgehead atoms. The number of carbonyl (C=O) groups is 2. The van der Waals surface area contributed by atoms with Crippen molar-refractivity contribution >= 4 is 39.5 Å². The van der Waals surface area contributed by atoms with Gasteiger partial charge in [-0.05, 0) is 41.8 Å². The van der Waals surface area contributed by atoms with Gasteiger partial charge in [0.05, 0.1) is 6.54 Å². The summed E-state index contributed by atoms with van der Waals surface area (Å²) in [4.78, 5) is 26.8. The molecule has 24 heavy (non-hydrogen) atoms. The van der Waals surface area contributed by atoms with Gasteiger partial charge in [0.25, 0.3) is 5.91 Å². The van der Waals surface area contributed by atoms with E-state index in [2.05, 4.69) is 21.2 Å². The topological polar surface area (TPSA) is 49.4 Å². The SMILES string of the molecule is CCC1(c2ccc(Cl)cc2)NC(=O)N(Cc2cccc(Br)c2)C1=O. The predicted molar refractivity (Wildman–Crippen MR) is 96.6 cm³/mol. The normalized spacial score (nSPS) is 20.4. The Bertz CT molecular complexity index is 794. The van der Waals surface area contributed by atoms with Crippen LogP contribution in [0.2, 0.25) is 5.02 Å². The van der Waals surface area contributed by atoms with Crippen LogP contribution in [0, 0.1) is 0 Å². The van der Waals surface area contributed by atoms with Crippen molar-refractivity contribution in [1.29, 1.82) is 0 Å². The van der Waals surface area contributed by atoms with Gasteiger partial charge in [0.15, 0.2) is 0 Å². The molecule has 1 atom stereocenters. The van der Waals surface area contributed by atoms with Crippen molar-refractivity contribution < 1.29 is 9.59 Å². The molecule has 124 valence electrons. The number of urea groups is 1. The summed E-state index contributed by atoms with van der Waals surface area (Å²) < 4.78 is 0.909. The van der Waals surface area contributed by atoms with E-state index in [1.165, 1.54) is 4.90 Å². The Balaban J connectivity index is 1.93. The lowest BCUT2D eigenvalue weighted by Gasteiger charge is -2.26. The molecule has 0 radical (unpaired) electrons. The highest BCUT2D eigenvalue weighted by Gasteiger charge is 2.51. The third-order valence-corrected chi connectivity index (χ3v) is 5.02. The Morgan fingerprint density at radius 2 is 1.88 bits per heavy atom. The molecule has 1 fully saturated rings. The summed E-state index contributed by atoms with van der Waals surface area (Å²) in [6, 6.07) is 14.2. The highest BCUT2D eigenvalue weighted by molar-refractivity contribution is 9.10.